The van der Waals surface area contributed by atoms with Crippen molar-refractivity contribution in [3.8, 4) is 11.1 Å². The number of H-pyrrole nitrogens is 2. The minimum Gasteiger partial charge on any atom is -0.481 e. The van der Waals surface area contributed by atoms with E-state index in [0.717, 1.165) is 27.7 Å². The lowest BCUT2D eigenvalue weighted by atomic mass is 10.0. The number of aromatic amines is 2. The van der Waals surface area contributed by atoms with Crippen LogP contribution in [0.2, 0.25) is 0 Å². The Morgan fingerprint density at radius 1 is 1.37 bits per heavy atom. The fraction of sp³-hybridized carbons (Fsp3) is 0.143. The van der Waals surface area contributed by atoms with Gasteiger partial charge in [-0.1, -0.05) is 18.2 Å². The Balaban J connectivity index is 2.21. The van der Waals surface area contributed by atoms with Gasteiger partial charge in [-0.25, -0.2) is 0 Å². The molecule has 0 unspecified atom stereocenters. The number of aromatic nitrogens is 3. The predicted molar refractivity (Wildman–Crippen MR) is 72.0 cm³/mol. The summed E-state index contributed by atoms with van der Waals surface area (Å²) in [6, 6.07) is 7.93. The van der Waals surface area contributed by atoms with E-state index in [1.54, 1.807) is 0 Å². The summed E-state index contributed by atoms with van der Waals surface area (Å²) in [5, 5.41) is 17.0. The van der Waals surface area contributed by atoms with Crippen LogP contribution in [0.1, 0.15) is 11.4 Å². The maximum atomic E-state index is 10.9. The van der Waals surface area contributed by atoms with Gasteiger partial charge in [0, 0.05) is 33.9 Å². The Morgan fingerprint density at radius 2 is 2.16 bits per heavy atom. The van der Waals surface area contributed by atoms with E-state index in [9.17, 15) is 4.79 Å². The SMILES string of the molecule is Cc1[nH]nc(CC(=O)O)c1-c1c[nH]c2ccccc12. The van der Waals surface area contributed by atoms with Gasteiger partial charge < -0.3 is 10.1 Å². The topological polar surface area (TPSA) is 81.8 Å². The predicted octanol–water partition coefficient (Wildman–Crippen LogP) is 2.49. The standard InChI is InChI=1S/C14H13N3O2/c1-8-14(12(17-16-8)6-13(18)19)10-7-15-11-5-3-2-4-9(10)11/h2-5,7,15H,6H2,1H3,(H,16,17)(H,18,19). The Labute approximate surface area is 109 Å². The molecule has 0 fully saturated rings. The van der Waals surface area contributed by atoms with Crippen LogP contribution in [0.5, 0.6) is 0 Å². The molecule has 0 radical (unpaired) electrons. The van der Waals surface area contributed by atoms with Crippen molar-refractivity contribution in [1.82, 2.24) is 15.2 Å². The molecule has 5 heteroatoms. The Bertz CT molecular complexity index is 755. The Morgan fingerprint density at radius 3 is 2.95 bits per heavy atom. The monoisotopic (exact) mass is 255 g/mol. The smallest absolute Gasteiger partial charge is 0.309 e. The van der Waals surface area contributed by atoms with Crippen LogP contribution in [0.4, 0.5) is 0 Å². The van der Waals surface area contributed by atoms with Gasteiger partial charge in [0.2, 0.25) is 0 Å². The van der Waals surface area contributed by atoms with Crippen molar-refractivity contribution in [2.24, 2.45) is 0 Å². The summed E-state index contributed by atoms with van der Waals surface area (Å²) in [4.78, 5) is 14.1. The van der Waals surface area contributed by atoms with Gasteiger partial charge in [-0.15, -0.1) is 0 Å². The minimum atomic E-state index is -0.882. The molecule has 0 bridgehead atoms. The largest absolute Gasteiger partial charge is 0.481 e. The van der Waals surface area contributed by atoms with E-state index in [4.69, 9.17) is 5.11 Å². The number of carbonyl (C=O) groups is 1. The number of nitrogens with zero attached hydrogens (tertiary/aromatic N) is 1. The average molecular weight is 255 g/mol. The van der Waals surface area contributed by atoms with Crippen molar-refractivity contribution in [3.63, 3.8) is 0 Å². The number of carboxylic acid groups (broad SMARTS) is 1. The first-order chi connectivity index (χ1) is 9.16. The molecule has 2 heterocycles. The third-order valence-corrected chi connectivity index (χ3v) is 3.20. The maximum absolute atomic E-state index is 10.9. The van der Waals surface area contributed by atoms with E-state index in [1.165, 1.54) is 0 Å². The van der Waals surface area contributed by atoms with Gasteiger partial charge in [-0.3, -0.25) is 9.89 Å². The van der Waals surface area contributed by atoms with E-state index >= 15 is 0 Å². The molecule has 0 saturated heterocycles. The summed E-state index contributed by atoms with van der Waals surface area (Å²) in [6.45, 7) is 1.90. The second-order valence-electron chi connectivity index (χ2n) is 4.49. The zero-order chi connectivity index (χ0) is 13.4. The molecule has 2 aromatic heterocycles. The molecule has 3 N–H and O–H groups in total. The lowest BCUT2D eigenvalue weighted by Gasteiger charge is -2.01. The van der Waals surface area contributed by atoms with E-state index in [1.807, 2.05) is 37.4 Å². The van der Waals surface area contributed by atoms with Gasteiger partial charge in [0.25, 0.3) is 0 Å². The van der Waals surface area contributed by atoms with Crippen LogP contribution in [-0.4, -0.2) is 26.3 Å². The number of hydrogen-bond donors (Lipinski definition) is 3. The van der Waals surface area contributed by atoms with Crippen LogP contribution in [0, 0.1) is 6.92 Å². The van der Waals surface area contributed by atoms with E-state index in [2.05, 4.69) is 15.2 Å². The van der Waals surface area contributed by atoms with Gasteiger partial charge in [0.05, 0.1) is 12.1 Å². The van der Waals surface area contributed by atoms with Crippen molar-refractivity contribution < 1.29 is 9.90 Å². The highest BCUT2D eigenvalue weighted by atomic mass is 16.4. The van der Waals surface area contributed by atoms with Crippen LogP contribution >= 0.6 is 0 Å². The number of carboxylic acids is 1. The van der Waals surface area contributed by atoms with Crippen molar-refractivity contribution >= 4 is 16.9 Å². The summed E-state index contributed by atoms with van der Waals surface area (Å²) >= 11 is 0. The molecular formula is C14H13N3O2. The molecule has 0 spiro atoms. The first kappa shape index (κ1) is 11.5. The third-order valence-electron chi connectivity index (χ3n) is 3.20. The molecule has 0 saturated carbocycles. The molecule has 1 aromatic carbocycles. The quantitative estimate of drug-likeness (QED) is 0.672. The first-order valence-corrected chi connectivity index (χ1v) is 5.99. The maximum Gasteiger partial charge on any atom is 0.309 e. The number of aliphatic carboxylic acids is 1. The Hall–Kier alpha value is -2.56. The number of para-hydroxylation sites is 1. The highest BCUT2D eigenvalue weighted by Crippen LogP contribution is 2.32. The van der Waals surface area contributed by atoms with Gasteiger partial charge >= 0.3 is 5.97 Å². The number of aryl methyl sites for hydroxylation is 1. The second kappa shape index (κ2) is 4.28. The van der Waals surface area contributed by atoms with E-state index < -0.39 is 5.97 Å². The van der Waals surface area contributed by atoms with Gasteiger partial charge in [-0.2, -0.15) is 5.10 Å². The second-order valence-corrected chi connectivity index (χ2v) is 4.49. The molecule has 96 valence electrons. The van der Waals surface area contributed by atoms with Gasteiger partial charge in [-0.05, 0) is 13.0 Å². The molecule has 0 aliphatic heterocycles. The summed E-state index contributed by atoms with van der Waals surface area (Å²) in [5.41, 5.74) is 4.33. The Kier molecular flexibility index (Phi) is 2.59. The molecule has 0 aliphatic carbocycles. The summed E-state index contributed by atoms with van der Waals surface area (Å²) in [7, 11) is 0. The fourth-order valence-corrected chi connectivity index (χ4v) is 2.39. The van der Waals surface area contributed by atoms with Gasteiger partial charge in [0.15, 0.2) is 0 Å². The summed E-state index contributed by atoms with van der Waals surface area (Å²) in [5.74, 6) is -0.882. The minimum absolute atomic E-state index is 0.0841. The average Bonchev–Trinajstić information content (AvgIpc) is 2.93. The third kappa shape index (κ3) is 1.89. The lowest BCUT2D eigenvalue weighted by molar-refractivity contribution is -0.136. The number of hydrogen-bond acceptors (Lipinski definition) is 2. The highest BCUT2D eigenvalue weighted by Gasteiger charge is 2.17. The molecule has 3 rings (SSSR count). The number of rotatable bonds is 3. The van der Waals surface area contributed by atoms with Crippen molar-refractivity contribution in [3.05, 3.63) is 41.9 Å². The summed E-state index contributed by atoms with van der Waals surface area (Å²) < 4.78 is 0. The molecule has 19 heavy (non-hydrogen) atoms. The highest BCUT2D eigenvalue weighted by molar-refractivity contribution is 5.97. The van der Waals surface area contributed by atoms with Crippen LogP contribution < -0.4 is 0 Å². The van der Waals surface area contributed by atoms with Gasteiger partial charge in [0.1, 0.15) is 0 Å². The molecule has 5 nitrogen and oxygen atoms in total. The van der Waals surface area contributed by atoms with E-state index in [0.29, 0.717) is 5.69 Å². The lowest BCUT2D eigenvalue weighted by Crippen LogP contribution is -2.01. The molecular weight excluding hydrogens is 242 g/mol. The zero-order valence-corrected chi connectivity index (χ0v) is 10.4. The molecule has 0 atom stereocenters. The molecule has 3 aromatic rings. The van der Waals surface area contributed by atoms with Crippen LogP contribution in [0.25, 0.3) is 22.0 Å². The van der Waals surface area contributed by atoms with Crippen LogP contribution in [0.15, 0.2) is 30.5 Å². The van der Waals surface area contributed by atoms with Crippen molar-refractivity contribution in [1.29, 1.82) is 0 Å². The number of benzene rings is 1. The normalized spacial score (nSPS) is 11.0. The van der Waals surface area contributed by atoms with Crippen molar-refractivity contribution in [2.75, 3.05) is 0 Å². The van der Waals surface area contributed by atoms with Crippen molar-refractivity contribution in [2.45, 2.75) is 13.3 Å². The fourth-order valence-electron chi connectivity index (χ4n) is 2.39. The zero-order valence-electron chi connectivity index (χ0n) is 10.4. The van der Waals surface area contributed by atoms with Crippen LogP contribution in [-0.2, 0) is 11.2 Å². The number of nitrogens with one attached hydrogen (secondary N) is 2. The number of fused-ring (bicyclic) bond motifs is 1. The summed E-state index contributed by atoms with van der Waals surface area (Å²) in [6.07, 6.45) is 1.81. The first-order valence-electron chi connectivity index (χ1n) is 5.99. The van der Waals surface area contributed by atoms with Crippen LogP contribution in [0.3, 0.4) is 0 Å². The van der Waals surface area contributed by atoms with E-state index in [-0.39, 0.29) is 6.42 Å². The molecule has 0 aliphatic rings. The molecule has 0 amide bonds.